The van der Waals surface area contributed by atoms with Crippen molar-refractivity contribution < 1.29 is 14.6 Å². The van der Waals surface area contributed by atoms with Gasteiger partial charge in [0.05, 0.1) is 0 Å². The lowest BCUT2D eigenvalue weighted by molar-refractivity contribution is -0.150. The van der Waals surface area contributed by atoms with Crippen LogP contribution in [0, 0.1) is 5.92 Å². The number of aliphatic carboxylic acids is 1. The molecule has 3 heteroatoms. The molecule has 0 unspecified atom stereocenters. The molecular formula is C8H14O3. The molecule has 1 N–H and O–H groups in total. The van der Waals surface area contributed by atoms with Crippen molar-refractivity contribution in [3.8, 4) is 0 Å². The molecule has 0 aromatic rings. The van der Waals surface area contributed by atoms with E-state index in [1.165, 1.54) is 7.11 Å². The Balaban J connectivity index is 4.13. The quantitative estimate of drug-likeness (QED) is 0.627. The van der Waals surface area contributed by atoms with Gasteiger partial charge in [0.25, 0.3) is 0 Å². The summed E-state index contributed by atoms with van der Waals surface area (Å²) in [7, 11) is 1.40. The molecular weight excluding hydrogens is 144 g/mol. The number of rotatable bonds is 4. The van der Waals surface area contributed by atoms with E-state index >= 15 is 0 Å². The first-order valence-corrected chi connectivity index (χ1v) is 3.52. The number of hydrogen-bond acceptors (Lipinski definition) is 2. The van der Waals surface area contributed by atoms with Crippen LogP contribution in [0.5, 0.6) is 0 Å². The molecule has 64 valence electrons. The normalized spacial score (nSPS) is 16.6. The first-order valence-electron chi connectivity index (χ1n) is 3.52. The molecule has 0 aliphatic heterocycles. The molecule has 0 heterocycles. The summed E-state index contributed by atoms with van der Waals surface area (Å²) in [6.45, 7) is 3.66. The number of hydrogen-bond donors (Lipinski definition) is 1. The van der Waals surface area contributed by atoms with Gasteiger partial charge in [-0.15, -0.1) is 0 Å². The summed E-state index contributed by atoms with van der Waals surface area (Å²) in [4.78, 5) is 10.5. The van der Waals surface area contributed by atoms with Crippen LogP contribution in [0.3, 0.4) is 0 Å². The fourth-order valence-corrected chi connectivity index (χ4v) is 0.945. The van der Waals surface area contributed by atoms with E-state index in [-0.39, 0.29) is 5.92 Å². The predicted molar refractivity (Wildman–Crippen MR) is 42.4 cm³/mol. The number of allylic oxidation sites excluding steroid dienone is 1. The maximum Gasteiger partial charge on any atom is 0.333 e. The maximum absolute atomic E-state index is 10.5. The highest BCUT2D eigenvalue weighted by atomic mass is 16.5. The number of carboxylic acids is 1. The third-order valence-corrected chi connectivity index (χ3v) is 1.47. The highest BCUT2D eigenvalue weighted by Crippen LogP contribution is 2.08. The van der Waals surface area contributed by atoms with Crippen molar-refractivity contribution in [3.05, 3.63) is 12.2 Å². The molecule has 0 fully saturated rings. The lowest BCUT2D eigenvalue weighted by Crippen LogP contribution is -2.28. The predicted octanol–water partition coefficient (Wildman–Crippen LogP) is 1.30. The van der Waals surface area contributed by atoms with Crippen molar-refractivity contribution >= 4 is 5.97 Å². The second-order valence-electron chi connectivity index (χ2n) is 2.38. The standard InChI is InChI=1S/C8H14O3/c1-4-5-6(2)7(11-3)8(9)10/h4-7H,1-3H3,(H,9,10)/b5-4+/t6-,7+/m0/s1. The van der Waals surface area contributed by atoms with Gasteiger partial charge >= 0.3 is 5.97 Å². The zero-order valence-corrected chi connectivity index (χ0v) is 7.07. The van der Waals surface area contributed by atoms with E-state index in [1.807, 2.05) is 26.0 Å². The van der Waals surface area contributed by atoms with Crippen LogP contribution in [0.4, 0.5) is 0 Å². The minimum absolute atomic E-state index is 0.0810. The summed E-state index contributed by atoms with van der Waals surface area (Å²) in [6, 6.07) is 0. The molecule has 0 aromatic heterocycles. The molecule has 0 saturated carbocycles. The van der Waals surface area contributed by atoms with Gasteiger partial charge in [-0.3, -0.25) is 0 Å². The van der Waals surface area contributed by atoms with Crippen LogP contribution >= 0.6 is 0 Å². The molecule has 0 spiro atoms. The number of methoxy groups -OCH3 is 1. The highest BCUT2D eigenvalue weighted by Gasteiger charge is 2.21. The molecule has 0 rings (SSSR count). The van der Waals surface area contributed by atoms with Crippen LogP contribution in [0.2, 0.25) is 0 Å². The summed E-state index contributed by atoms with van der Waals surface area (Å²) in [6.07, 6.45) is 2.90. The smallest absolute Gasteiger partial charge is 0.333 e. The van der Waals surface area contributed by atoms with Gasteiger partial charge in [-0.2, -0.15) is 0 Å². The van der Waals surface area contributed by atoms with Crippen molar-refractivity contribution in [1.82, 2.24) is 0 Å². The Kier molecular flexibility index (Phi) is 4.54. The van der Waals surface area contributed by atoms with Crippen molar-refractivity contribution in [1.29, 1.82) is 0 Å². The molecule has 0 bridgehead atoms. The largest absolute Gasteiger partial charge is 0.479 e. The molecule has 0 aliphatic rings. The molecule has 0 amide bonds. The Hall–Kier alpha value is -0.830. The van der Waals surface area contributed by atoms with Crippen LogP contribution in [0.1, 0.15) is 13.8 Å². The van der Waals surface area contributed by atoms with E-state index in [0.717, 1.165) is 0 Å². The zero-order chi connectivity index (χ0) is 8.85. The third-order valence-electron chi connectivity index (χ3n) is 1.47. The first kappa shape index (κ1) is 10.2. The summed E-state index contributed by atoms with van der Waals surface area (Å²) < 4.78 is 4.78. The average molecular weight is 158 g/mol. The van der Waals surface area contributed by atoms with Gasteiger partial charge in [-0.1, -0.05) is 19.1 Å². The highest BCUT2D eigenvalue weighted by molar-refractivity contribution is 5.72. The fourth-order valence-electron chi connectivity index (χ4n) is 0.945. The molecule has 0 aromatic carbocycles. The van der Waals surface area contributed by atoms with Gasteiger partial charge in [0, 0.05) is 13.0 Å². The molecule has 0 radical (unpaired) electrons. The van der Waals surface area contributed by atoms with Gasteiger partial charge < -0.3 is 9.84 Å². The Morgan fingerprint density at radius 2 is 2.18 bits per heavy atom. The summed E-state index contributed by atoms with van der Waals surface area (Å²) in [5.41, 5.74) is 0. The van der Waals surface area contributed by atoms with Crippen LogP contribution < -0.4 is 0 Å². The Labute approximate surface area is 66.7 Å². The van der Waals surface area contributed by atoms with E-state index in [1.54, 1.807) is 0 Å². The molecule has 0 saturated heterocycles. The number of carbonyl (C=O) groups is 1. The average Bonchev–Trinajstić information content (AvgIpc) is 1.88. The summed E-state index contributed by atoms with van der Waals surface area (Å²) in [5.74, 6) is -0.999. The Morgan fingerprint density at radius 1 is 1.64 bits per heavy atom. The van der Waals surface area contributed by atoms with Crippen LogP contribution in [0.15, 0.2) is 12.2 Å². The minimum Gasteiger partial charge on any atom is -0.479 e. The first-order chi connectivity index (χ1) is 5.13. The maximum atomic E-state index is 10.5. The van der Waals surface area contributed by atoms with E-state index in [0.29, 0.717) is 0 Å². The van der Waals surface area contributed by atoms with Crippen molar-refractivity contribution in [2.45, 2.75) is 20.0 Å². The molecule has 0 aliphatic carbocycles. The van der Waals surface area contributed by atoms with Gasteiger partial charge in [0.15, 0.2) is 6.10 Å². The number of carboxylic acid groups (broad SMARTS) is 1. The zero-order valence-electron chi connectivity index (χ0n) is 7.07. The summed E-state index contributed by atoms with van der Waals surface area (Å²) in [5, 5.41) is 8.61. The van der Waals surface area contributed by atoms with Crippen molar-refractivity contribution in [3.63, 3.8) is 0 Å². The molecule has 2 atom stereocenters. The fraction of sp³-hybridized carbons (Fsp3) is 0.625. The van der Waals surface area contributed by atoms with Crippen molar-refractivity contribution in [2.24, 2.45) is 5.92 Å². The second kappa shape index (κ2) is 4.91. The lowest BCUT2D eigenvalue weighted by atomic mass is 10.0. The van der Waals surface area contributed by atoms with Crippen molar-refractivity contribution in [2.75, 3.05) is 7.11 Å². The van der Waals surface area contributed by atoms with E-state index in [4.69, 9.17) is 9.84 Å². The van der Waals surface area contributed by atoms with E-state index in [9.17, 15) is 4.79 Å². The van der Waals surface area contributed by atoms with Gasteiger partial charge in [0.2, 0.25) is 0 Å². The Bertz CT molecular complexity index is 151. The SMILES string of the molecule is C/C=C/[C@H](C)[C@@H](OC)C(=O)O. The monoisotopic (exact) mass is 158 g/mol. The topological polar surface area (TPSA) is 46.5 Å². The van der Waals surface area contributed by atoms with Crippen LogP contribution in [-0.4, -0.2) is 24.3 Å². The Morgan fingerprint density at radius 3 is 2.45 bits per heavy atom. The lowest BCUT2D eigenvalue weighted by Gasteiger charge is -2.14. The minimum atomic E-state index is -0.918. The van der Waals surface area contributed by atoms with Gasteiger partial charge in [0.1, 0.15) is 0 Å². The third kappa shape index (κ3) is 3.18. The number of ether oxygens (including phenoxy) is 1. The second-order valence-corrected chi connectivity index (χ2v) is 2.38. The van der Waals surface area contributed by atoms with Gasteiger partial charge in [-0.25, -0.2) is 4.79 Å². The van der Waals surface area contributed by atoms with Crippen LogP contribution in [-0.2, 0) is 9.53 Å². The molecule has 11 heavy (non-hydrogen) atoms. The van der Waals surface area contributed by atoms with E-state index < -0.39 is 12.1 Å². The van der Waals surface area contributed by atoms with Gasteiger partial charge in [-0.05, 0) is 6.92 Å². The summed E-state index contributed by atoms with van der Waals surface area (Å²) >= 11 is 0. The van der Waals surface area contributed by atoms with Crippen LogP contribution in [0.25, 0.3) is 0 Å². The van der Waals surface area contributed by atoms with E-state index in [2.05, 4.69) is 0 Å². The molecule has 3 nitrogen and oxygen atoms in total.